The fourth-order valence-electron chi connectivity index (χ4n) is 1.85. The maximum absolute atomic E-state index is 12.8. The van der Waals surface area contributed by atoms with Crippen molar-refractivity contribution >= 4 is 17.3 Å². The minimum absolute atomic E-state index is 0.129. The zero-order valence-corrected chi connectivity index (χ0v) is 13.3. The molecule has 2 aromatic rings. The Morgan fingerprint density at radius 3 is 2.26 bits per heavy atom. The van der Waals surface area contributed by atoms with E-state index in [9.17, 15) is 9.18 Å². The van der Waals surface area contributed by atoms with Crippen LogP contribution in [0, 0.1) is 11.7 Å². The van der Waals surface area contributed by atoms with Gasteiger partial charge in [0.1, 0.15) is 11.6 Å². The van der Waals surface area contributed by atoms with Crippen LogP contribution in [0.2, 0.25) is 0 Å². The first-order valence-corrected chi connectivity index (χ1v) is 7.55. The summed E-state index contributed by atoms with van der Waals surface area (Å²) < 4.78 is 18.4. The first-order chi connectivity index (χ1) is 11.0. The minimum Gasteiger partial charge on any atom is -0.493 e. The van der Waals surface area contributed by atoms with Gasteiger partial charge in [-0.25, -0.2) is 4.39 Å². The van der Waals surface area contributed by atoms with E-state index >= 15 is 0 Å². The molecule has 0 heterocycles. The predicted molar refractivity (Wildman–Crippen MR) is 90.3 cm³/mol. The lowest BCUT2D eigenvalue weighted by molar-refractivity contribution is -0.114. The van der Waals surface area contributed by atoms with Gasteiger partial charge in [0.2, 0.25) is 5.91 Å². The lowest BCUT2D eigenvalue weighted by atomic mass is 10.2. The van der Waals surface area contributed by atoms with E-state index in [1.54, 1.807) is 0 Å². The standard InChI is InChI=1S/C18H21FN2O2/c1-13(2)12-23-17-9-7-15(8-10-17)20-11-18(22)21-16-5-3-14(19)4-6-16/h3-10,13,20H,11-12H2,1-2H3,(H,21,22). The number of benzene rings is 2. The smallest absolute Gasteiger partial charge is 0.243 e. The van der Waals surface area contributed by atoms with Crippen molar-refractivity contribution in [2.45, 2.75) is 13.8 Å². The van der Waals surface area contributed by atoms with E-state index in [0.29, 0.717) is 18.2 Å². The van der Waals surface area contributed by atoms with Crippen LogP contribution in [0.1, 0.15) is 13.8 Å². The molecule has 0 unspecified atom stereocenters. The molecule has 0 aromatic heterocycles. The van der Waals surface area contributed by atoms with Crippen LogP contribution in [0.5, 0.6) is 5.75 Å². The van der Waals surface area contributed by atoms with E-state index in [-0.39, 0.29) is 18.3 Å². The molecule has 0 bridgehead atoms. The Kier molecular flexibility index (Phi) is 5.97. The molecule has 0 atom stereocenters. The number of carbonyl (C=O) groups is 1. The summed E-state index contributed by atoms with van der Waals surface area (Å²) in [6.07, 6.45) is 0. The normalized spacial score (nSPS) is 10.4. The fraction of sp³-hybridized carbons (Fsp3) is 0.278. The predicted octanol–water partition coefficient (Wildman–Crippen LogP) is 3.91. The second kappa shape index (κ2) is 8.17. The van der Waals surface area contributed by atoms with Crippen molar-refractivity contribution < 1.29 is 13.9 Å². The third-order valence-electron chi connectivity index (χ3n) is 3.02. The molecule has 2 aromatic carbocycles. The summed E-state index contributed by atoms with van der Waals surface area (Å²) in [5.41, 5.74) is 1.40. The zero-order valence-electron chi connectivity index (χ0n) is 13.3. The van der Waals surface area contributed by atoms with Crippen molar-refractivity contribution in [1.29, 1.82) is 0 Å². The van der Waals surface area contributed by atoms with Gasteiger partial charge in [-0.3, -0.25) is 4.79 Å². The molecule has 23 heavy (non-hydrogen) atoms. The van der Waals surface area contributed by atoms with Crippen LogP contribution >= 0.6 is 0 Å². The average molecular weight is 316 g/mol. The van der Waals surface area contributed by atoms with Crippen molar-refractivity contribution in [3.05, 3.63) is 54.3 Å². The SMILES string of the molecule is CC(C)COc1ccc(NCC(=O)Nc2ccc(F)cc2)cc1. The first kappa shape index (κ1) is 16.8. The van der Waals surface area contributed by atoms with Gasteiger partial charge in [0.25, 0.3) is 0 Å². The summed E-state index contributed by atoms with van der Waals surface area (Å²) in [7, 11) is 0. The Hall–Kier alpha value is -2.56. The highest BCUT2D eigenvalue weighted by Crippen LogP contribution is 2.16. The lowest BCUT2D eigenvalue weighted by Crippen LogP contribution is -2.21. The molecule has 2 rings (SSSR count). The van der Waals surface area contributed by atoms with Gasteiger partial charge in [-0.05, 0) is 54.4 Å². The second-order valence-electron chi connectivity index (χ2n) is 5.64. The van der Waals surface area contributed by atoms with Crippen molar-refractivity contribution in [3.63, 3.8) is 0 Å². The van der Waals surface area contributed by atoms with E-state index in [1.165, 1.54) is 24.3 Å². The number of amides is 1. The van der Waals surface area contributed by atoms with Crippen molar-refractivity contribution in [2.75, 3.05) is 23.8 Å². The van der Waals surface area contributed by atoms with Gasteiger partial charge < -0.3 is 15.4 Å². The summed E-state index contributed by atoms with van der Waals surface area (Å²) in [6.45, 7) is 4.99. The molecule has 0 aliphatic rings. The van der Waals surface area contributed by atoms with Gasteiger partial charge in [-0.15, -0.1) is 0 Å². The van der Waals surface area contributed by atoms with Crippen LogP contribution in [0.4, 0.5) is 15.8 Å². The number of nitrogens with one attached hydrogen (secondary N) is 2. The Morgan fingerprint density at radius 2 is 1.65 bits per heavy atom. The second-order valence-corrected chi connectivity index (χ2v) is 5.64. The van der Waals surface area contributed by atoms with Crippen molar-refractivity contribution in [3.8, 4) is 5.75 Å². The Bertz CT molecular complexity index is 624. The molecule has 0 spiro atoms. The largest absolute Gasteiger partial charge is 0.493 e. The molecule has 0 fully saturated rings. The van der Waals surface area contributed by atoms with Gasteiger partial charge in [-0.2, -0.15) is 0 Å². The Labute approximate surface area is 135 Å². The molecule has 122 valence electrons. The molecule has 0 saturated carbocycles. The fourth-order valence-corrected chi connectivity index (χ4v) is 1.85. The summed E-state index contributed by atoms with van der Waals surface area (Å²) >= 11 is 0. The summed E-state index contributed by atoms with van der Waals surface area (Å²) in [6, 6.07) is 13.1. The van der Waals surface area contributed by atoms with E-state index < -0.39 is 0 Å². The highest BCUT2D eigenvalue weighted by molar-refractivity contribution is 5.93. The number of carbonyl (C=O) groups excluding carboxylic acids is 1. The van der Waals surface area contributed by atoms with Gasteiger partial charge in [0.05, 0.1) is 13.2 Å². The van der Waals surface area contributed by atoms with E-state index in [0.717, 1.165) is 11.4 Å². The number of halogens is 1. The summed E-state index contributed by atoms with van der Waals surface area (Å²) in [5, 5.41) is 5.72. The van der Waals surface area contributed by atoms with Crippen LogP contribution in [0.25, 0.3) is 0 Å². The number of hydrogen-bond acceptors (Lipinski definition) is 3. The number of rotatable bonds is 7. The maximum Gasteiger partial charge on any atom is 0.243 e. The van der Waals surface area contributed by atoms with Crippen molar-refractivity contribution in [1.82, 2.24) is 0 Å². The minimum atomic E-state index is -0.333. The third-order valence-corrected chi connectivity index (χ3v) is 3.02. The zero-order chi connectivity index (χ0) is 16.7. The molecule has 4 nitrogen and oxygen atoms in total. The molecule has 0 aliphatic heterocycles. The summed E-state index contributed by atoms with van der Waals surface area (Å²) in [4.78, 5) is 11.8. The van der Waals surface area contributed by atoms with Gasteiger partial charge in [0, 0.05) is 11.4 Å². The maximum atomic E-state index is 12.8. The van der Waals surface area contributed by atoms with Crippen LogP contribution in [0.15, 0.2) is 48.5 Å². The Morgan fingerprint density at radius 1 is 1.04 bits per heavy atom. The topological polar surface area (TPSA) is 50.4 Å². The molecule has 0 radical (unpaired) electrons. The van der Waals surface area contributed by atoms with Crippen LogP contribution in [-0.4, -0.2) is 19.1 Å². The highest BCUT2D eigenvalue weighted by atomic mass is 19.1. The van der Waals surface area contributed by atoms with Gasteiger partial charge >= 0.3 is 0 Å². The number of hydrogen-bond donors (Lipinski definition) is 2. The average Bonchev–Trinajstić information content (AvgIpc) is 2.54. The monoisotopic (exact) mass is 316 g/mol. The quantitative estimate of drug-likeness (QED) is 0.814. The Balaban J connectivity index is 1.78. The van der Waals surface area contributed by atoms with Gasteiger partial charge in [0.15, 0.2) is 0 Å². The van der Waals surface area contributed by atoms with Crippen molar-refractivity contribution in [2.24, 2.45) is 5.92 Å². The molecule has 0 aliphatic carbocycles. The van der Waals surface area contributed by atoms with Gasteiger partial charge in [-0.1, -0.05) is 13.8 Å². The van der Waals surface area contributed by atoms with E-state index in [4.69, 9.17) is 4.74 Å². The van der Waals surface area contributed by atoms with Crippen LogP contribution in [-0.2, 0) is 4.79 Å². The molecule has 5 heteroatoms. The number of anilines is 2. The third kappa shape index (κ3) is 5.98. The summed E-state index contributed by atoms with van der Waals surface area (Å²) in [5.74, 6) is 0.751. The highest BCUT2D eigenvalue weighted by Gasteiger charge is 2.03. The van der Waals surface area contributed by atoms with E-state index in [2.05, 4.69) is 24.5 Å². The van der Waals surface area contributed by atoms with Crippen LogP contribution < -0.4 is 15.4 Å². The lowest BCUT2D eigenvalue weighted by Gasteiger charge is -2.10. The molecule has 2 N–H and O–H groups in total. The molecule has 1 amide bonds. The molecular formula is C18H21FN2O2. The first-order valence-electron chi connectivity index (χ1n) is 7.55. The van der Waals surface area contributed by atoms with E-state index in [1.807, 2.05) is 24.3 Å². The van der Waals surface area contributed by atoms with Crippen LogP contribution in [0.3, 0.4) is 0 Å². The molecule has 0 saturated heterocycles. The number of ether oxygens (including phenoxy) is 1. The molecular weight excluding hydrogens is 295 g/mol.